The molecule has 0 unspecified atom stereocenters. The fraction of sp³-hybridized carbons (Fsp3) is 0.125. The maximum atomic E-state index is 12.0. The molecule has 2 aromatic heterocycles. The third-order valence-corrected chi connectivity index (χ3v) is 3.20. The molecule has 3 aromatic rings. The van der Waals surface area contributed by atoms with Gasteiger partial charge in [0.2, 0.25) is 0 Å². The zero-order chi connectivity index (χ0) is 15.5. The number of fused-ring (bicyclic) bond motifs is 1. The number of hydrogen-bond acceptors (Lipinski definition) is 5. The van der Waals surface area contributed by atoms with Crippen LogP contribution in [0.5, 0.6) is 0 Å². The third-order valence-electron chi connectivity index (χ3n) is 3.20. The summed E-state index contributed by atoms with van der Waals surface area (Å²) in [5.41, 5.74) is 3.09. The number of pyridine rings is 1. The number of esters is 1. The number of carbonyl (C=O) groups is 1. The molecule has 22 heavy (non-hydrogen) atoms. The number of rotatable bonds is 3. The summed E-state index contributed by atoms with van der Waals surface area (Å²) < 4.78 is 6.68. The predicted octanol–water partition coefficient (Wildman–Crippen LogP) is 2.44. The van der Waals surface area contributed by atoms with E-state index in [9.17, 15) is 4.79 Å². The van der Waals surface area contributed by atoms with Crippen molar-refractivity contribution in [3.05, 3.63) is 53.9 Å². The fourth-order valence-corrected chi connectivity index (χ4v) is 2.18. The van der Waals surface area contributed by atoms with Crippen molar-refractivity contribution in [2.75, 3.05) is 6.61 Å². The summed E-state index contributed by atoms with van der Waals surface area (Å²) in [6.45, 7) is 2.07. The van der Waals surface area contributed by atoms with Gasteiger partial charge in [-0.1, -0.05) is 12.1 Å². The van der Waals surface area contributed by atoms with Crippen molar-refractivity contribution in [3.8, 4) is 17.3 Å². The van der Waals surface area contributed by atoms with Crippen LogP contribution >= 0.6 is 0 Å². The van der Waals surface area contributed by atoms with Gasteiger partial charge in [-0.15, -0.1) is 0 Å². The molecule has 0 atom stereocenters. The summed E-state index contributed by atoms with van der Waals surface area (Å²) in [7, 11) is 0. The highest BCUT2D eigenvalue weighted by atomic mass is 16.5. The Balaban J connectivity index is 2.16. The van der Waals surface area contributed by atoms with E-state index in [-0.39, 0.29) is 0 Å². The number of nitrogens with zero attached hydrogens (tertiary/aromatic N) is 4. The van der Waals surface area contributed by atoms with Gasteiger partial charge in [-0.05, 0) is 31.2 Å². The first-order valence-corrected chi connectivity index (χ1v) is 6.74. The number of hydrogen-bond donors (Lipinski definition) is 0. The van der Waals surface area contributed by atoms with Crippen molar-refractivity contribution >= 4 is 11.6 Å². The van der Waals surface area contributed by atoms with Crippen LogP contribution < -0.4 is 0 Å². The monoisotopic (exact) mass is 292 g/mol. The Morgan fingerprint density at radius 1 is 1.32 bits per heavy atom. The minimum atomic E-state index is -0.400. The first-order valence-electron chi connectivity index (χ1n) is 6.74. The van der Waals surface area contributed by atoms with Crippen LogP contribution in [0.25, 0.3) is 16.9 Å². The molecule has 0 bridgehead atoms. The molecule has 0 N–H and O–H groups in total. The molecule has 2 heterocycles. The highest BCUT2D eigenvalue weighted by Crippen LogP contribution is 2.22. The molecule has 6 nitrogen and oxygen atoms in total. The molecule has 6 heteroatoms. The summed E-state index contributed by atoms with van der Waals surface area (Å²) >= 11 is 0. The van der Waals surface area contributed by atoms with Crippen molar-refractivity contribution in [1.29, 1.82) is 5.26 Å². The van der Waals surface area contributed by atoms with E-state index >= 15 is 0 Å². The zero-order valence-corrected chi connectivity index (χ0v) is 11.9. The molecule has 0 amide bonds. The quantitative estimate of drug-likeness (QED) is 0.693. The van der Waals surface area contributed by atoms with Gasteiger partial charge in [-0.2, -0.15) is 10.4 Å². The third kappa shape index (κ3) is 2.40. The van der Waals surface area contributed by atoms with Crippen LogP contribution in [-0.2, 0) is 4.74 Å². The topological polar surface area (TPSA) is 80.3 Å². The molecule has 0 saturated carbocycles. The molecule has 1 aromatic carbocycles. The van der Waals surface area contributed by atoms with Crippen LogP contribution in [0.4, 0.5) is 0 Å². The SMILES string of the molecule is CCOC(=O)c1cc(-c2ccc(C#N)cc2)n2ncnc2c1. The average molecular weight is 292 g/mol. The van der Waals surface area contributed by atoms with Crippen molar-refractivity contribution < 1.29 is 9.53 Å². The molecule has 0 aliphatic carbocycles. The van der Waals surface area contributed by atoms with E-state index in [1.165, 1.54) is 6.33 Å². The van der Waals surface area contributed by atoms with Gasteiger partial charge in [0.05, 0.1) is 29.5 Å². The Labute approximate surface area is 126 Å². The Morgan fingerprint density at radius 3 is 2.77 bits per heavy atom. The summed E-state index contributed by atoms with van der Waals surface area (Å²) in [4.78, 5) is 16.1. The normalized spacial score (nSPS) is 10.4. The molecular weight excluding hydrogens is 280 g/mol. The van der Waals surface area contributed by atoms with Gasteiger partial charge in [0, 0.05) is 5.56 Å². The molecular formula is C16H12N4O2. The number of carbonyl (C=O) groups excluding carboxylic acids is 1. The predicted molar refractivity (Wildman–Crippen MR) is 79.1 cm³/mol. The van der Waals surface area contributed by atoms with Gasteiger partial charge in [-0.3, -0.25) is 0 Å². The van der Waals surface area contributed by atoms with Crippen LogP contribution in [0.15, 0.2) is 42.7 Å². The largest absolute Gasteiger partial charge is 0.462 e. The Morgan fingerprint density at radius 2 is 2.09 bits per heavy atom. The van der Waals surface area contributed by atoms with Gasteiger partial charge in [0.25, 0.3) is 0 Å². The second-order valence-electron chi connectivity index (χ2n) is 4.57. The maximum absolute atomic E-state index is 12.0. The van der Waals surface area contributed by atoms with Crippen molar-refractivity contribution in [2.45, 2.75) is 6.92 Å². The van der Waals surface area contributed by atoms with E-state index in [4.69, 9.17) is 10.00 Å². The van der Waals surface area contributed by atoms with Crippen LogP contribution in [-0.4, -0.2) is 27.2 Å². The summed E-state index contributed by atoms with van der Waals surface area (Å²) in [5, 5.41) is 13.0. The summed E-state index contributed by atoms with van der Waals surface area (Å²) in [5.74, 6) is -0.400. The lowest BCUT2D eigenvalue weighted by molar-refractivity contribution is 0.0526. The van der Waals surface area contributed by atoms with Gasteiger partial charge in [0.1, 0.15) is 6.33 Å². The molecule has 3 rings (SSSR count). The lowest BCUT2D eigenvalue weighted by Gasteiger charge is -2.08. The van der Waals surface area contributed by atoms with E-state index in [0.717, 1.165) is 5.56 Å². The van der Waals surface area contributed by atoms with Crippen LogP contribution in [0.2, 0.25) is 0 Å². The van der Waals surface area contributed by atoms with E-state index in [1.54, 1.807) is 35.7 Å². The van der Waals surface area contributed by atoms with Crippen molar-refractivity contribution in [3.63, 3.8) is 0 Å². The molecule has 0 radical (unpaired) electrons. The number of benzene rings is 1. The molecule has 0 saturated heterocycles. The second kappa shape index (κ2) is 5.66. The Hall–Kier alpha value is -3.20. The second-order valence-corrected chi connectivity index (χ2v) is 4.57. The Kier molecular flexibility index (Phi) is 3.54. The number of aromatic nitrogens is 3. The smallest absolute Gasteiger partial charge is 0.338 e. The van der Waals surface area contributed by atoms with Crippen LogP contribution in [0.1, 0.15) is 22.8 Å². The summed E-state index contributed by atoms with van der Waals surface area (Å²) in [6.07, 6.45) is 1.43. The molecule has 108 valence electrons. The molecule has 0 spiro atoms. The van der Waals surface area contributed by atoms with Crippen molar-refractivity contribution in [1.82, 2.24) is 14.6 Å². The van der Waals surface area contributed by atoms with Crippen molar-refractivity contribution in [2.24, 2.45) is 0 Å². The van der Waals surface area contributed by atoms with E-state index in [1.807, 2.05) is 12.1 Å². The highest BCUT2D eigenvalue weighted by Gasteiger charge is 2.13. The van der Waals surface area contributed by atoms with Gasteiger partial charge in [-0.25, -0.2) is 14.3 Å². The van der Waals surface area contributed by atoms with Gasteiger partial charge >= 0.3 is 5.97 Å². The molecule has 0 aliphatic rings. The summed E-state index contributed by atoms with van der Waals surface area (Å²) in [6, 6.07) is 12.5. The van der Waals surface area contributed by atoms with Gasteiger partial charge < -0.3 is 4.74 Å². The first-order chi connectivity index (χ1) is 10.7. The fourth-order valence-electron chi connectivity index (χ4n) is 2.18. The van der Waals surface area contributed by atoms with E-state index in [0.29, 0.717) is 29.1 Å². The van der Waals surface area contributed by atoms with E-state index in [2.05, 4.69) is 16.2 Å². The van der Waals surface area contributed by atoms with E-state index < -0.39 is 5.97 Å². The molecule has 0 fully saturated rings. The first kappa shape index (κ1) is 13.8. The minimum Gasteiger partial charge on any atom is -0.462 e. The average Bonchev–Trinajstić information content (AvgIpc) is 3.02. The Bertz CT molecular complexity index is 875. The lowest BCUT2D eigenvalue weighted by Crippen LogP contribution is -2.07. The highest BCUT2D eigenvalue weighted by molar-refractivity contribution is 5.92. The molecule has 0 aliphatic heterocycles. The minimum absolute atomic E-state index is 0.308. The van der Waals surface area contributed by atoms with Crippen LogP contribution in [0.3, 0.4) is 0 Å². The lowest BCUT2D eigenvalue weighted by atomic mass is 10.1. The maximum Gasteiger partial charge on any atom is 0.338 e. The zero-order valence-electron chi connectivity index (χ0n) is 11.9. The number of nitriles is 1. The van der Waals surface area contributed by atoms with Crippen LogP contribution in [0, 0.1) is 11.3 Å². The van der Waals surface area contributed by atoms with Gasteiger partial charge in [0.15, 0.2) is 5.65 Å². The number of ether oxygens (including phenoxy) is 1. The standard InChI is InChI=1S/C16H12N4O2/c1-2-22-16(21)13-7-14(20-15(8-13)18-10-19-20)12-5-3-11(9-17)4-6-12/h3-8,10H,2H2,1H3.